The molecule has 0 fully saturated rings. The summed E-state index contributed by atoms with van der Waals surface area (Å²) in [5.41, 5.74) is 6.42. The summed E-state index contributed by atoms with van der Waals surface area (Å²) in [6.45, 7) is 56.7. The van der Waals surface area contributed by atoms with Crippen molar-refractivity contribution in [2.24, 2.45) is 5.92 Å². The van der Waals surface area contributed by atoms with E-state index in [4.69, 9.17) is 0 Å². The van der Waals surface area contributed by atoms with Crippen LogP contribution >= 0.6 is 0 Å². The number of hydrogen-bond acceptors (Lipinski definition) is 0. The van der Waals surface area contributed by atoms with Gasteiger partial charge in [-0.15, -0.1) is 19.7 Å². The molecule has 0 saturated heterocycles. The predicted octanol–water partition coefficient (Wildman–Crippen LogP) is 14.6. The Morgan fingerprint density at radius 3 is 0.949 bits per heavy atom. The summed E-state index contributed by atoms with van der Waals surface area (Å²) in [7, 11) is 0. The summed E-state index contributed by atoms with van der Waals surface area (Å²) in [5, 5.41) is 0. The number of unbranched alkanes of at least 4 members (excludes halogenated alkanes) is 1. The Morgan fingerprint density at radius 1 is 0.667 bits per heavy atom. The Kier molecular flexibility index (Phi) is 86.6. The lowest BCUT2D eigenvalue weighted by atomic mass is 10.2. The highest BCUT2D eigenvalue weighted by molar-refractivity contribution is 5.06. The number of allylic oxidation sites excluding steroid dienone is 14. The molecule has 0 heteroatoms. The Hall–Kier alpha value is -2.86. The minimum Gasteiger partial charge on any atom is -0.103 e. The monoisotopic (exact) mass is 541 g/mol. The maximum Gasteiger partial charge on any atom is -0.0293 e. The zero-order chi connectivity index (χ0) is 33.2. The Balaban J connectivity index is -0.0000000471. The zero-order valence-electron chi connectivity index (χ0n) is 29.3. The van der Waals surface area contributed by atoms with Gasteiger partial charge in [0.1, 0.15) is 0 Å². The van der Waals surface area contributed by atoms with Gasteiger partial charge in [-0.2, -0.15) is 0 Å². The summed E-state index contributed by atoms with van der Waals surface area (Å²) in [4.78, 5) is 0. The first kappa shape index (κ1) is 56.4. The lowest BCUT2D eigenvalue weighted by Gasteiger charge is -1.88. The van der Waals surface area contributed by atoms with Gasteiger partial charge in [0.05, 0.1) is 0 Å². The van der Waals surface area contributed by atoms with Crippen molar-refractivity contribution >= 4 is 0 Å². The molecule has 0 bridgehead atoms. The Bertz CT molecular complexity index is 622. The van der Waals surface area contributed by atoms with Crippen molar-refractivity contribution in [1.82, 2.24) is 0 Å². The third-order valence-electron chi connectivity index (χ3n) is 3.39. The second-order valence-corrected chi connectivity index (χ2v) is 9.41. The minimum absolute atomic E-state index is 0.648. The van der Waals surface area contributed by atoms with Gasteiger partial charge < -0.3 is 0 Å². The molecule has 0 aliphatic rings. The maximum atomic E-state index is 3.56. The van der Waals surface area contributed by atoms with Crippen LogP contribution in [0.15, 0.2) is 135 Å². The van der Waals surface area contributed by atoms with Crippen LogP contribution in [0.25, 0.3) is 0 Å². The predicted molar refractivity (Wildman–Crippen MR) is 196 cm³/mol. The molecule has 0 nitrogen and oxygen atoms in total. The fourth-order valence-electron chi connectivity index (χ4n) is 0.340. The van der Waals surface area contributed by atoms with Gasteiger partial charge in [0.25, 0.3) is 0 Å². The smallest absolute Gasteiger partial charge is 0.0293 e. The van der Waals surface area contributed by atoms with E-state index in [1.807, 2.05) is 58.9 Å². The largest absolute Gasteiger partial charge is 0.103 e. The van der Waals surface area contributed by atoms with Crippen molar-refractivity contribution in [3.05, 3.63) is 135 Å². The van der Waals surface area contributed by atoms with Crippen LogP contribution in [0.5, 0.6) is 0 Å². The van der Waals surface area contributed by atoms with Gasteiger partial charge in [-0.05, 0) is 88.5 Å². The van der Waals surface area contributed by atoms with Gasteiger partial charge in [-0.25, -0.2) is 0 Å². The van der Waals surface area contributed by atoms with Crippen LogP contribution in [-0.2, 0) is 0 Å². The third kappa shape index (κ3) is 262. The van der Waals surface area contributed by atoms with Crippen LogP contribution in [0.2, 0.25) is 0 Å². The molecule has 0 atom stereocenters. The molecule has 0 N–H and O–H groups in total. The molecule has 0 aromatic heterocycles. The number of hydrogen-bond donors (Lipinski definition) is 0. The van der Waals surface area contributed by atoms with Crippen molar-refractivity contribution in [1.29, 1.82) is 0 Å². The van der Waals surface area contributed by atoms with Gasteiger partial charge in [0.2, 0.25) is 0 Å². The summed E-state index contributed by atoms with van der Waals surface area (Å²) >= 11 is 0. The molecule has 228 valence electrons. The molecule has 39 heavy (non-hydrogen) atoms. The van der Waals surface area contributed by atoms with Gasteiger partial charge >= 0.3 is 0 Å². The standard InChI is InChI=1S/C6H12.2C5H10.C5H8.C5H10.C5H8.C4H8.C4H6/c1-5(2)6(3)4;3*1-4-5(2)3;2*1-3-5-4-2;1-4(2)3;1-3-4-2/h1-4H3;4H,1-3H3;4-5H,1H2,2-3H3;4H,1-2H2,3H3;3H,1,4-5H2,2H3;3-5H,1H2,2H3;1H2,2-3H3;3-4H,1-2H2. The van der Waals surface area contributed by atoms with Gasteiger partial charge in [0, 0.05) is 0 Å². The summed E-state index contributed by atoms with van der Waals surface area (Å²) in [6, 6.07) is 0. The molecule has 0 aliphatic carbocycles. The van der Waals surface area contributed by atoms with E-state index in [9.17, 15) is 0 Å². The van der Waals surface area contributed by atoms with Crippen molar-refractivity contribution < 1.29 is 0 Å². The average Bonchev–Trinajstić information content (AvgIpc) is 2.86. The number of rotatable bonds is 6. The molecule has 0 heterocycles. The molecule has 0 saturated carbocycles. The topological polar surface area (TPSA) is 0 Å². The maximum absolute atomic E-state index is 3.56. The van der Waals surface area contributed by atoms with Crippen LogP contribution in [0.1, 0.15) is 110 Å². The van der Waals surface area contributed by atoms with Crippen LogP contribution in [-0.4, -0.2) is 0 Å². The Labute approximate surface area is 250 Å². The van der Waals surface area contributed by atoms with E-state index in [0.717, 1.165) is 12.0 Å². The van der Waals surface area contributed by atoms with Crippen LogP contribution in [0.4, 0.5) is 0 Å². The van der Waals surface area contributed by atoms with E-state index in [-0.39, 0.29) is 0 Å². The summed E-state index contributed by atoms with van der Waals surface area (Å²) in [6.07, 6.45) is 18.9. The molecular weight excluding hydrogens is 468 g/mol. The quantitative estimate of drug-likeness (QED) is 0.232. The van der Waals surface area contributed by atoms with Gasteiger partial charge in [-0.3, -0.25) is 0 Å². The van der Waals surface area contributed by atoms with Crippen LogP contribution in [0.3, 0.4) is 0 Å². The molecule has 0 aromatic carbocycles. The summed E-state index contributed by atoms with van der Waals surface area (Å²) < 4.78 is 0. The highest BCUT2D eigenvalue weighted by atomic mass is 13.8. The fraction of sp³-hybridized carbons (Fsp3) is 0.436. The van der Waals surface area contributed by atoms with Crippen molar-refractivity contribution in [2.75, 3.05) is 0 Å². The molecule has 0 aromatic rings. The normalized spacial score (nSPS) is 7.36. The first-order valence-corrected chi connectivity index (χ1v) is 13.7. The summed E-state index contributed by atoms with van der Waals surface area (Å²) in [5.74, 6) is 0.648. The lowest BCUT2D eigenvalue weighted by Crippen LogP contribution is -1.71. The SMILES string of the molecule is C=C(C)C.C=CC(=C)C.C=CC(C)C.C=CC=C.C=CC=CC.C=CCCC.CC(C)=C(C)C.CC=C(C)C. The average molecular weight is 541 g/mol. The third-order valence-corrected chi connectivity index (χ3v) is 3.39. The van der Waals surface area contributed by atoms with Crippen molar-refractivity contribution in [3.63, 3.8) is 0 Å². The van der Waals surface area contributed by atoms with Crippen LogP contribution < -0.4 is 0 Å². The van der Waals surface area contributed by atoms with E-state index in [0.29, 0.717) is 5.92 Å². The molecule has 0 radical (unpaired) electrons. The minimum atomic E-state index is 0.648. The second-order valence-electron chi connectivity index (χ2n) is 9.41. The second kappa shape index (κ2) is 59.9. The molecule has 0 spiro atoms. The van der Waals surface area contributed by atoms with Gasteiger partial charge in [-0.1, -0.05) is 143 Å². The molecule has 0 unspecified atom stereocenters. The highest BCUT2D eigenvalue weighted by Gasteiger charge is 1.75. The molecular formula is C39H72. The zero-order valence-corrected chi connectivity index (χ0v) is 29.3. The van der Waals surface area contributed by atoms with E-state index in [1.165, 1.54) is 28.7 Å². The molecule has 0 amide bonds. The molecule has 0 aliphatic heterocycles. The molecule has 0 rings (SSSR count). The fourth-order valence-corrected chi connectivity index (χ4v) is 0.340. The Morgan fingerprint density at radius 2 is 0.949 bits per heavy atom. The van der Waals surface area contributed by atoms with Crippen LogP contribution in [0, 0.1) is 5.92 Å². The van der Waals surface area contributed by atoms with E-state index in [1.54, 1.807) is 24.3 Å². The van der Waals surface area contributed by atoms with Crippen molar-refractivity contribution in [3.8, 4) is 0 Å². The van der Waals surface area contributed by atoms with E-state index in [2.05, 4.69) is 121 Å². The van der Waals surface area contributed by atoms with Gasteiger partial charge in [0.15, 0.2) is 0 Å². The van der Waals surface area contributed by atoms with E-state index >= 15 is 0 Å². The lowest BCUT2D eigenvalue weighted by molar-refractivity contribution is 0.835. The first-order valence-electron chi connectivity index (χ1n) is 13.7. The van der Waals surface area contributed by atoms with Crippen molar-refractivity contribution in [2.45, 2.75) is 110 Å². The van der Waals surface area contributed by atoms with E-state index < -0.39 is 0 Å². The first-order chi connectivity index (χ1) is 17.9. The highest BCUT2D eigenvalue weighted by Crippen LogP contribution is 1.97.